The van der Waals surface area contributed by atoms with Crippen LogP contribution in [0.5, 0.6) is 5.75 Å². The van der Waals surface area contributed by atoms with Gasteiger partial charge in [0.25, 0.3) is 0 Å². The zero-order valence-electron chi connectivity index (χ0n) is 10.2. The second-order valence-electron chi connectivity index (χ2n) is 4.42. The third-order valence-electron chi connectivity index (χ3n) is 2.92. The lowest BCUT2D eigenvalue weighted by Gasteiger charge is -2.25. The van der Waals surface area contributed by atoms with Crippen molar-refractivity contribution in [2.75, 3.05) is 13.2 Å². The van der Waals surface area contributed by atoms with Crippen LogP contribution < -0.4 is 4.74 Å². The molecular weight excluding hydrogens is 281 g/mol. The van der Waals surface area contributed by atoms with Crippen molar-refractivity contribution in [3.8, 4) is 5.75 Å². The molecule has 1 heterocycles. The Balaban J connectivity index is 2.23. The van der Waals surface area contributed by atoms with E-state index in [0.717, 1.165) is 12.5 Å². The number of halogens is 4. The monoisotopic (exact) mass is 294 g/mol. The van der Waals surface area contributed by atoms with E-state index in [1.807, 2.05) is 0 Å². The molecule has 2 nitrogen and oxygen atoms in total. The lowest BCUT2D eigenvalue weighted by Crippen LogP contribution is -2.28. The van der Waals surface area contributed by atoms with E-state index in [-0.39, 0.29) is 17.7 Å². The van der Waals surface area contributed by atoms with E-state index in [0.29, 0.717) is 25.2 Å². The zero-order chi connectivity index (χ0) is 13.9. The summed E-state index contributed by atoms with van der Waals surface area (Å²) in [6, 6.07) is 3.91. The lowest BCUT2D eigenvalue weighted by atomic mass is 10.1. The first-order valence-electron chi connectivity index (χ1n) is 6.01. The minimum absolute atomic E-state index is 0.0376. The van der Waals surface area contributed by atoms with Gasteiger partial charge in [0.1, 0.15) is 11.9 Å². The van der Waals surface area contributed by atoms with Crippen LogP contribution in [-0.2, 0) is 16.8 Å². The van der Waals surface area contributed by atoms with Crippen molar-refractivity contribution >= 4 is 11.6 Å². The lowest BCUT2D eigenvalue weighted by molar-refractivity contribution is -0.139. The highest BCUT2D eigenvalue weighted by atomic mass is 35.5. The van der Waals surface area contributed by atoms with Gasteiger partial charge in [-0.2, -0.15) is 13.2 Å². The Morgan fingerprint density at radius 1 is 1.37 bits per heavy atom. The summed E-state index contributed by atoms with van der Waals surface area (Å²) in [5, 5.41) is 0. The van der Waals surface area contributed by atoms with Crippen LogP contribution in [0.15, 0.2) is 18.2 Å². The molecule has 1 fully saturated rings. The van der Waals surface area contributed by atoms with Crippen molar-refractivity contribution in [1.82, 2.24) is 0 Å². The zero-order valence-corrected chi connectivity index (χ0v) is 10.9. The molecular formula is C13H14ClF3O2. The molecule has 1 aliphatic rings. The predicted molar refractivity (Wildman–Crippen MR) is 65.5 cm³/mol. The van der Waals surface area contributed by atoms with Crippen LogP contribution in [0.2, 0.25) is 0 Å². The summed E-state index contributed by atoms with van der Waals surface area (Å²) in [7, 11) is 0. The van der Waals surface area contributed by atoms with Crippen LogP contribution in [0.25, 0.3) is 0 Å². The first kappa shape index (κ1) is 14.5. The minimum Gasteiger partial charge on any atom is -0.487 e. The van der Waals surface area contributed by atoms with Crippen LogP contribution in [0.3, 0.4) is 0 Å². The summed E-state index contributed by atoms with van der Waals surface area (Å²) in [4.78, 5) is 0. The molecule has 1 aromatic carbocycles. The molecule has 1 saturated heterocycles. The molecule has 106 valence electrons. The molecule has 0 amide bonds. The first-order chi connectivity index (χ1) is 9.00. The van der Waals surface area contributed by atoms with Gasteiger partial charge in [0.2, 0.25) is 0 Å². The highest BCUT2D eigenvalue weighted by Gasteiger charge is 2.35. The molecule has 1 atom stereocenters. The second kappa shape index (κ2) is 6.01. The smallest absolute Gasteiger partial charge is 0.419 e. The molecule has 0 aliphatic carbocycles. The molecule has 0 N–H and O–H groups in total. The van der Waals surface area contributed by atoms with Crippen molar-refractivity contribution in [1.29, 1.82) is 0 Å². The van der Waals surface area contributed by atoms with Gasteiger partial charge in [-0.1, -0.05) is 6.07 Å². The van der Waals surface area contributed by atoms with Gasteiger partial charge >= 0.3 is 6.18 Å². The molecule has 0 bridgehead atoms. The predicted octanol–water partition coefficient (Wildman–Crippen LogP) is 4.00. The van der Waals surface area contributed by atoms with Gasteiger partial charge in [-0.05, 0) is 30.5 Å². The van der Waals surface area contributed by atoms with E-state index >= 15 is 0 Å². The van der Waals surface area contributed by atoms with Gasteiger partial charge in [0.05, 0.1) is 12.2 Å². The molecule has 19 heavy (non-hydrogen) atoms. The number of ether oxygens (including phenoxy) is 2. The highest BCUT2D eigenvalue weighted by molar-refractivity contribution is 6.17. The first-order valence-corrected chi connectivity index (χ1v) is 6.54. The van der Waals surface area contributed by atoms with E-state index in [2.05, 4.69) is 0 Å². The van der Waals surface area contributed by atoms with Crippen molar-refractivity contribution in [3.63, 3.8) is 0 Å². The minimum atomic E-state index is -4.45. The van der Waals surface area contributed by atoms with E-state index in [1.54, 1.807) is 6.07 Å². The Labute approximate surface area is 114 Å². The van der Waals surface area contributed by atoms with Gasteiger partial charge in [-0.3, -0.25) is 0 Å². The van der Waals surface area contributed by atoms with Crippen LogP contribution in [0, 0.1) is 0 Å². The van der Waals surface area contributed by atoms with Crippen molar-refractivity contribution in [3.05, 3.63) is 29.3 Å². The third-order valence-corrected chi connectivity index (χ3v) is 3.22. The molecule has 0 radical (unpaired) electrons. The van der Waals surface area contributed by atoms with Crippen LogP contribution in [0.1, 0.15) is 24.0 Å². The number of rotatable bonds is 3. The Morgan fingerprint density at radius 2 is 2.16 bits per heavy atom. The SMILES string of the molecule is FC(F)(F)c1cc(CCl)ccc1OC1CCCOC1. The largest absolute Gasteiger partial charge is 0.487 e. The van der Waals surface area contributed by atoms with E-state index in [9.17, 15) is 13.2 Å². The Bertz CT molecular complexity index is 428. The highest BCUT2D eigenvalue weighted by Crippen LogP contribution is 2.37. The fourth-order valence-electron chi connectivity index (χ4n) is 1.97. The van der Waals surface area contributed by atoms with E-state index < -0.39 is 11.7 Å². The van der Waals surface area contributed by atoms with Gasteiger partial charge in [0.15, 0.2) is 0 Å². The average Bonchev–Trinajstić information content (AvgIpc) is 2.39. The Kier molecular flexibility index (Phi) is 4.58. The molecule has 6 heteroatoms. The van der Waals surface area contributed by atoms with Gasteiger partial charge < -0.3 is 9.47 Å². The fraction of sp³-hybridized carbons (Fsp3) is 0.538. The molecule has 0 aromatic heterocycles. The van der Waals surface area contributed by atoms with Crippen LogP contribution in [-0.4, -0.2) is 19.3 Å². The second-order valence-corrected chi connectivity index (χ2v) is 4.69. The van der Waals surface area contributed by atoms with Crippen LogP contribution >= 0.6 is 11.6 Å². The number of alkyl halides is 4. The number of hydrogen-bond acceptors (Lipinski definition) is 2. The van der Waals surface area contributed by atoms with Gasteiger partial charge in [0, 0.05) is 12.5 Å². The summed E-state index contributed by atoms with van der Waals surface area (Å²) in [6.45, 7) is 0.964. The summed E-state index contributed by atoms with van der Waals surface area (Å²) >= 11 is 5.57. The molecule has 1 aromatic rings. The van der Waals surface area contributed by atoms with Crippen molar-refractivity contribution in [2.45, 2.75) is 31.0 Å². The standard InChI is InChI=1S/C13H14ClF3O2/c14-7-9-3-4-12(11(6-9)13(15,16)17)19-10-2-1-5-18-8-10/h3-4,6,10H,1-2,5,7-8H2. The topological polar surface area (TPSA) is 18.5 Å². The van der Waals surface area contributed by atoms with E-state index in [4.69, 9.17) is 21.1 Å². The molecule has 1 unspecified atom stereocenters. The van der Waals surface area contributed by atoms with Gasteiger partial charge in [-0.25, -0.2) is 0 Å². The maximum atomic E-state index is 13.0. The van der Waals surface area contributed by atoms with Gasteiger partial charge in [-0.15, -0.1) is 11.6 Å². The average molecular weight is 295 g/mol. The molecule has 0 spiro atoms. The van der Waals surface area contributed by atoms with Crippen molar-refractivity contribution in [2.24, 2.45) is 0 Å². The maximum absolute atomic E-state index is 13.0. The quantitative estimate of drug-likeness (QED) is 0.785. The summed E-state index contributed by atoms with van der Waals surface area (Å²) in [5.74, 6) is -0.118. The fourth-order valence-corrected chi connectivity index (χ4v) is 2.13. The van der Waals surface area contributed by atoms with Crippen LogP contribution in [0.4, 0.5) is 13.2 Å². The Hall–Kier alpha value is -0.940. The number of benzene rings is 1. The molecule has 1 aliphatic heterocycles. The summed E-state index contributed by atoms with van der Waals surface area (Å²) in [6.07, 6.45) is -3.27. The molecule has 0 saturated carbocycles. The number of hydrogen-bond donors (Lipinski definition) is 0. The maximum Gasteiger partial charge on any atom is 0.419 e. The summed E-state index contributed by atoms with van der Waals surface area (Å²) in [5.41, 5.74) is -0.363. The van der Waals surface area contributed by atoms with E-state index in [1.165, 1.54) is 6.07 Å². The Morgan fingerprint density at radius 3 is 2.74 bits per heavy atom. The normalized spacial score (nSPS) is 20.3. The van der Waals surface area contributed by atoms with Crippen molar-refractivity contribution < 1.29 is 22.6 Å². The third kappa shape index (κ3) is 3.76. The summed E-state index contributed by atoms with van der Waals surface area (Å²) < 4.78 is 49.5. The molecule has 2 rings (SSSR count).